The van der Waals surface area contributed by atoms with Crippen LogP contribution < -0.4 is 19.5 Å². The molecule has 0 saturated heterocycles. The topological polar surface area (TPSA) is 109 Å². The van der Waals surface area contributed by atoms with Crippen molar-refractivity contribution in [1.29, 1.82) is 0 Å². The van der Waals surface area contributed by atoms with Gasteiger partial charge in [0.1, 0.15) is 24.5 Å². The summed E-state index contributed by atoms with van der Waals surface area (Å²) in [5, 5.41) is 6.49. The van der Waals surface area contributed by atoms with Crippen LogP contribution in [-0.2, 0) is 6.61 Å². The number of carbonyl (C=O) groups excluding carboxylic acids is 1. The maximum absolute atomic E-state index is 12.3. The molecule has 0 radical (unpaired) electrons. The van der Waals surface area contributed by atoms with E-state index in [0.717, 1.165) is 24.2 Å². The number of hydrogen-bond acceptors (Lipinski definition) is 8. The Balaban J connectivity index is 1.22. The largest absolute Gasteiger partial charge is 0.473 e. The maximum atomic E-state index is 12.3. The zero-order chi connectivity index (χ0) is 18.9. The fourth-order valence-electron chi connectivity index (χ4n) is 2.81. The van der Waals surface area contributed by atoms with Gasteiger partial charge < -0.3 is 24.1 Å². The molecule has 0 unspecified atom stereocenters. The summed E-state index contributed by atoms with van der Waals surface area (Å²) in [7, 11) is 0. The predicted molar refractivity (Wildman–Crippen MR) is 95.4 cm³/mol. The lowest BCUT2D eigenvalue weighted by Crippen LogP contribution is -2.13. The van der Waals surface area contributed by atoms with Crippen molar-refractivity contribution in [2.24, 2.45) is 0 Å². The molecule has 0 bridgehead atoms. The zero-order valence-corrected chi connectivity index (χ0v) is 14.8. The van der Waals surface area contributed by atoms with Crippen molar-refractivity contribution in [3.05, 3.63) is 53.7 Å². The van der Waals surface area contributed by atoms with Gasteiger partial charge in [0.2, 0.25) is 12.7 Å². The van der Waals surface area contributed by atoms with Crippen molar-refractivity contribution < 1.29 is 23.5 Å². The average molecular weight is 380 g/mol. The summed E-state index contributed by atoms with van der Waals surface area (Å²) in [5.41, 5.74) is 1.13. The van der Waals surface area contributed by atoms with Crippen LogP contribution >= 0.6 is 0 Å². The van der Waals surface area contributed by atoms with Crippen LogP contribution in [0.15, 0.2) is 41.2 Å². The molecule has 1 N–H and O–H groups in total. The van der Waals surface area contributed by atoms with Gasteiger partial charge in [-0.3, -0.25) is 4.79 Å². The minimum absolute atomic E-state index is 0.224. The molecular weight excluding hydrogens is 364 g/mol. The van der Waals surface area contributed by atoms with Crippen LogP contribution in [-0.4, -0.2) is 27.8 Å². The number of hydrogen-bond donors (Lipinski definition) is 1. The molecule has 9 nitrogen and oxygen atoms in total. The number of ether oxygens (including phenoxy) is 3. The number of rotatable bonds is 6. The number of carbonyl (C=O) groups is 1. The first kappa shape index (κ1) is 16.5. The molecule has 1 saturated carbocycles. The minimum atomic E-state index is -0.393. The van der Waals surface area contributed by atoms with Crippen LogP contribution in [0.3, 0.4) is 0 Å². The van der Waals surface area contributed by atoms with Gasteiger partial charge in [-0.2, -0.15) is 0 Å². The van der Waals surface area contributed by atoms with E-state index >= 15 is 0 Å². The van der Waals surface area contributed by atoms with E-state index in [-0.39, 0.29) is 19.1 Å². The van der Waals surface area contributed by atoms with Gasteiger partial charge in [0.05, 0.1) is 0 Å². The van der Waals surface area contributed by atoms with Gasteiger partial charge in [-0.1, -0.05) is 11.2 Å². The molecule has 1 amide bonds. The molecule has 28 heavy (non-hydrogen) atoms. The van der Waals surface area contributed by atoms with E-state index in [1.54, 1.807) is 12.1 Å². The molecule has 9 heteroatoms. The van der Waals surface area contributed by atoms with Crippen molar-refractivity contribution in [3.8, 4) is 17.4 Å². The average Bonchev–Trinajstić information content (AvgIpc) is 3.25. The molecular formula is C19H16N4O5. The zero-order valence-electron chi connectivity index (χ0n) is 14.8. The lowest BCUT2D eigenvalue weighted by molar-refractivity contribution is 0.101. The van der Waals surface area contributed by atoms with Crippen molar-refractivity contribution in [2.45, 2.75) is 25.4 Å². The molecule has 0 atom stereocenters. The lowest BCUT2D eigenvalue weighted by Gasteiger charge is -2.07. The van der Waals surface area contributed by atoms with E-state index in [2.05, 4.69) is 20.4 Å². The molecule has 1 fully saturated rings. The van der Waals surface area contributed by atoms with Crippen LogP contribution in [0.2, 0.25) is 0 Å². The first-order chi connectivity index (χ1) is 13.7. The van der Waals surface area contributed by atoms with Crippen LogP contribution in [0.5, 0.6) is 17.4 Å². The summed E-state index contributed by atoms with van der Waals surface area (Å²) in [5.74, 6) is 2.81. The highest BCUT2D eigenvalue weighted by Crippen LogP contribution is 2.40. The summed E-state index contributed by atoms with van der Waals surface area (Å²) < 4.78 is 21.5. The summed E-state index contributed by atoms with van der Waals surface area (Å²) in [6.45, 7) is 0.511. The molecule has 2 aromatic heterocycles. The molecule has 5 rings (SSSR count). The number of fused-ring (bicyclic) bond motifs is 1. The van der Waals surface area contributed by atoms with E-state index in [1.165, 1.54) is 6.33 Å². The summed E-state index contributed by atoms with van der Waals surface area (Å²) in [6.07, 6.45) is 3.47. The van der Waals surface area contributed by atoms with E-state index in [1.807, 2.05) is 18.2 Å². The van der Waals surface area contributed by atoms with Crippen LogP contribution in [0, 0.1) is 0 Å². The number of amides is 1. The van der Waals surface area contributed by atoms with Gasteiger partial charge in [0, 0.05) is 18.1 Å². The van der Waals surface area contributed by atoms with E-state index in [4.69, 9.17) is 18.7 Å². The lowest BCUT2D eigenvalue weighted by atomic mass is 10.2. The second-order valence-corrected chi connectivity index (χ2v) is 6.56. The Labute approximate surface area is 159 Å². The Morgan fingerprint density at radius 2 is 2.04 bits per heavy atom. The number of benzene rings is 1. The fourth-order valence-corrected chi connectivity index (χ4v) is 2.81. The third-order valence-corrected chi connectivity index (χ3v) is 4.45. The predicted octanol–water partition coefficient (Wildman–Crippen LogP) is 2.90. The molecule has 3 heterocycles. The summed E-state index contributed by atoms with van der Waals surface area (Å²) >= 11 is 0. The highest BCUT2D eigenvalue weighted by molar-refractivity contribution is 6.02. The molecule has 1 aromatic carbocycles. The molecule has 142 valence electrons. The van der Waals surface area contributed by atoms with Crippen LogP contribution in [0.1, 0.15) is 40.6 Å². The van der Waals surface area contributed by atoms with Crippen LogP contribution in [0.25, 0.3) is 0 Å². The molecule has 3 aromatic rings. The standard InChI is InChI=1S/C19H16N4O5/c24-19(13-6-15(28-23-13)12-2-3-12)22-17-7-18(21-9-20-17)25-8-11-1-4-14-16(5-11)27-10-26-14/h1,4-7,9,12H,2-3,8,10H2,(H,20,21,22,24). The smallest absolute Gasteiger partial charge is 0.279 e. The second-order valence-electron chi connectivity index (χ2n) is 6.56. The minimum Gasteiger partial charge on any atom is -0.473 e. The van der Waals surface area contributed by atoms with Crippen LogP contribution in [0.4, 0.5) is 5.82 Å². The molecule has 1 aliphatic heterocycles. The number of nitrogens with one attached hydrogen (secondary N) is 1. The van der Waals surface area contributed by atoms with Crippen molar-refractivity contribution in [2.75, 3.05) is 12.1 Å². The number of nitrogens with zero attached hydrogens (tertiary/aromatic N) is 3. The molecule has 1 aliphatic carbocycles. The molecule has 0 spiro atoms. The van der Waals surface area contributed by atoms with Gasteiger partial charge in [-0.05, 0) is 30.5 Å². The van der Waals surface area contributed by atoms with Gasteiger partial charge in [-0.15, -0.1) is 0 Å². The Hall–Kier alpha value is -3.62. The Morgan fingerprint density at radius 3 is 2.93 bits per heavy atom. The third-order valence-electron chi connectivity index (χ3n) is 4.45. The SMILES string of the molecule is O=C(Nc1cc(OCc2ccc3c(c2)OCO3)ncn1)c1cc(C2CC2)on1. The van der Waals surface area contributed by atoms with E-state index in [9.17, 15) is 4.79 Å². The normalized spacial score (nSPS) is 14.7. The quantitative estimate of drug-likeness (QED) is 0.695. The summed E-state index contributed by atoms with van der Waals surface area (Å²) in [4.78, 5) is 20.4. The first-order valence-corrected chi connectivity index (χ1v) is 8.86. The Morgan fingerprint density at radius 1 is 1.14 bits per heavy atom. The van der Waals surface area contributed by atoms with Gasteiger partial charge >= 0.3 is 0 Å². The highest BCUT2D eigenvalue weighted by atomic mass is 16.7. The van der Waals surface area contributed by atoms with E-state index < -0.39 is 5.91 Å². The Bertz CT molecular complexity index is 1030. The fraction of sp³-hybridized carbons (Fsp3) is 0.263. The number of aromatic nitrogens is 3. The van der Waals surface area contributed by atoms with Gasteiger partial charge in [0.25, 0.3) is 5.91 Å². The second kappa shape index (κ2) is 6.84. The van der Waals surface area contributed by atoms with Crippen molar-refractivity contribution in [3.63, 3.8) is 0 Å². The molecule has 2 aliphatic rings. The summed E-state index contributed by atoms with van der Waals surface area (Å²) in [6, 6.07) is 8.80. The maximum Gasteiger partial charge on any atom is 0.279 e. The van der Waals surface area contributed by atoms with Crippen molar-refractivity contribution in [1.82, 2.24) is 15.1 Å². The third kappa shape index (κ3) is 3.46. The monoisotopic (exact) mass is 380 g/mol. The van der Waals surface area contributed by atoms with Gasteiger partial charge in [0.15, 0.2) is 17.2 Å². The number of anilines is 1. The van der Waals surface area contributed by atoms with Crippen molar-refractivity contribution >= 4 is 11.7 Å². The Kier molecular flexibility index (Phi) is 4.04. The first-order valence-electron chi connectivity index (χ1n) is 8.86. The highest BCUT2D eigenvalue weighted by Gasteiger charge is 2.29. The van der Waals surface area contributed by atoms with E-state index in [0.29, 0.717) is 29.1 Å². The van der Waals surface area contributed by atoms with Gasteiger partial charge in [-0.25, -0.2) is 9.97 Å².